The Hall–Kier alpha value is -1.91. The average molecular weight is 420 g/mol. The molecule has 7 nitrogen and oxygen atoms in total. The van der Waals surface area contributed by atoms with Gasteiger partial charge in [0.05, 0.1) is 5.75 Å². The molecule has 0 N–H and O–H groups in total. The lowest BCUT2D eigenvalue weighted by molar-refractivity contribution is -0.141. The van der Waals surface area contributed by atoms with Crippen LogP contribution in [0.2, 0.25) is 0 Å². The molecule has 2 aliphatic rings. The number of alkyl halides is 3. The van der Waals surface area contributed by atoms with Crippen molar-refractivity contribution in [3.8, 4) is 0 Å². The number of halogens is 3. The molecule has 156 valence electrons. The van der Waals surface area contributed by atoms with E-state index in [4.69, 9.17) is 0 Å². The third-order valence-electron chi connectivity index (χ3n) is 5.55. The third kappa shape index (κ3) is 4.56. The van der Waals surface area contributed by atoms with Gasteiger partial charge in [-0.1, -0.05) is 0 Å². The van der Waals surface area contributed by atoms with E-state index in [0.717, 1.165) is 18.6 Å². The standard InChI is InChI=1S/C17H23F3N4O3S/c1-28(26,27)10-9-24-15(25)3-5-16(24)4-2-7-23(8-6-16)14-11-13(17(18,19)20)21-12-22-14/h11-12H,2-10H2,1H3/t16-/m0/s1. The molecule has 1 aromatic heterocycles. The predicted octanol–water partition coefficient (Wildman–Crippen LogP) is 1.89. The molecule has 0 radical (unpaired) electrons. The average Bonchev–Trinajstić information content (AvgIpc) is 2.77. The van der Waals surface area contributed by atoms with Crippen LogP contribution in [-0.2, 0) is 20.8 Å². The summed E-state index contributed by atoms with van der Waals surface area (Å²) in [6.45, 7) is 1.12. The van der Waals surface area contributed by atoms with Crippen LogP contribution >= 0.6 is 0 Å². The highest BCUT2D eigenvalue weighted by Crippen LogP contribution is 2.39. The molecule has 0 bridgehead atoms. The van der Waals surface area contributed by atoms with Gasteiger partial charge in [0.1, 0.15) is 27.7 Å². The zero-order valence-electron chi connectivity index (χ0n) is 15.6. The van der Waals surface area contributed by atoms with Crippen molar-refractivity contribution in [3.63, 3.8) is 0 Å². The molecule has 2 saturated heterocycles. The van der Waals surface area contributed by atoms with Crippen LogP contribution in [0.3, 0.4) is 0 Å². The van der Waals surface area contributed by atoms with Crippen LogP contribution in [0.1, 0.15) is 37.8 Å². The molecule has 2 fully saturated rings. The van der Waals surface area contributed by atoms with Crippen LogP contribution in [0.5, 0.6) is 0 Å². The maximum atomic E-state index is 12.9. The third-order valence-corrected chi connectivity index (χ3v) is 6.47. The first kappa shape index (κ1) is 20.8. The summed E-state index contributed by atoms with van der Waals surface area (Å²) in [7, 11) is -3.20. The summed E-state index contributed by atoms with van der Waals surface area (Å²) in [6, 6.07) is 0.944. The fourth-order valence-corrected chi connectivity index (χ4v) is 4.61. The molecule has 28 heavy (non-hydrogen) atoms. The Morgan fingerprint density at radius 3 is 2.61 bits per heavy atom. The minimum absolute atomic E-state index is 0.0570. The van der Waals surface area contributed by atoms with Crippen LogP contribution in [0.15, 0.2) is 12.4 Å². The van der Waals surface area contributed by atoms with E-state index in [9.17, 15) is 26.4 Å². The van der Waals surface area contributed by atoms with Crippen molar-refractivity contribution in [3.05, 3.63) is 18.1 Å². The minimum Gasteiger partial charge on any atom is -0.356 e. The lowest BCUT2D eigenvalue weighted by atomic mass is 9.88. The van der Waals surface area contributed by atoms with E-state index < -0.39 is 27.2 Å². The number of nitrogens with zero attached hydrogens (tertiary/aromatic N) is 4. The molecule has 3 rings (SSSR count). The lowest BCUT2D eigenvalue weighted by Crippen LogP contribution is -2.48. The Morgan fingerprint density at radius 2 is 1.93 bits per heavy atom. The molecule has 1 spiro atoms. The van der Waals surface area contributed by atoms with Crippen molar-refractivity contribution >= 4 is 21.6 Å². The van der Waals surface area contributed by atoms with Gasteiger partial charge in [-0.3, -0.25) is 4.79 Å². The minimum atomic E-state index is -4.54. The Kier molecular flexibility index (Phi) is 5.57. The van der Waals surface area contributed by atoms with Crippen molar-refractivity contribution in [2.45, 2.75) is 43.8 Å². The second-order valence-corrected chi connectivity index (χ2v) is 9.76. The topological polar surface area (TPSA) is 83.5 Å². The van der Waals surface area contributed by atoms with Gasteiger partial charge in [-0.2, -0.15) is 13.2 Å². The summed E-state index contributed by atoms with van der Waals surface area (Å²) >= 11 is 0. The van der Waals surface area contributed by atoms with Gasteiger partial charge in [0.25, 0.3) is 0 Å². The number of sulfone groups is 1. The summed E-state index contributed by atoms with van der Waals surface area (Å²) in [4.78, 5) is 23.1. The van der Waals surface area contributed by atoms with Gasteiger partial charge in [-0.25, -0.2) is 18.4 Å². The molecular weight excluding hydrogens is 397 g/mol. The van der Waals surface area contributed by atoms with Gasteiger partial charge in [0.15, 0.2) is 0 Å². The smallest absolute Gasteiger partial charge is 0.356 e. The number of carbonyl (C=O) groups excluding carboxylic acids is 1. The fourth-order valence-electron chi connectivity index (χ4n) is 4.10. The predicted molar refractivity (Wildman–Crippen MR) is 96.5 cm³/mol. The van der Waals surface area contributed by atoms with E-state index in [2.05, 4.69) is 9.97 Å². The maximum absolute atomic E-state index is 12.9. The number of likely N-dealkylation sites (tertiary alicyclic amines) is 1. The zero-order chi connectivity index (χ0) is 20.6. The first-order chi connectivity index (χ1) is 13.0. The van der Waals surface area contributed by atoms with E-state index in [1.807, 2.05) is 0 Å². The summed E-state index contributed by atoms with van der Waals surface area (Å²) < 4.78 is 61.9. The van der Waals surface area contributed by atoms with Gasteiger partial charge in [-0.05, 0) is 25.7 Å². The van der Waals surface area contributed by atoms with Crippen molar-refractivity contribution in [1.29, 1.82) is 0 Å². The molecule has 1 amide bonds. The molecule has 3 heterocycles. The summed E-state index contributed by atoms with van der Waals surface area (Å²) in [5.41, 5.74) is -1.42. The molecule has 0 saturated carbocycles. The van der Waals surface area contributed by atoms with Crippen LogP contribution in [0.4, 0.5) is 19.0 Å². The normalized spacial score (nSPS) is 24.1. The van der Waals surface area contributed by atoms with Crippen molar-refractivity contribution in [1.82, 2.24) is 14.9 Å². The molecule has 0 aromatic carbocycles. The highest BCUT2D eigenvalue weighted by molar-refractivity contribution is 7.90. The second kappa shape index (κ2) is 7.49. The van der Waals surface area contributed by atoms with Gasteiger partial charge in [-0.15, -0.1) is 0 Å². The molecule has 0 aliphatic carbocycles. The summed E-state index contributed by atoms with van der Waals surface area (Å²) in [5.74, 6) is 0.0651. The first-order valence-corrected chi connectivity index (χ1v) is 11.2. The maximum Gasteiger partial charge on any atom is 0.433 e. The number of aromatic nitrogens is 2. The van der Waals surface area contributed by atoms with Crippen LogP contribution in [-0.4, -0.2) is 66.4 Å². The first-order valence-electron chi connectivity index (χ1n) is 9.13. The van der Waals surface area contributed by atoms with E-state index in [0.29, 0.717) is 45.2 Å². The SMILES string of the molecule is CS(=O)(=O)CCN1C(=O)CC[C@]12CCCN(c1cc(C(F)(F)F)ncn1)CC2. The molecule has 1 atom stereocenters. The quantitative estimate of drug-likeness (QED) is 0.740. The number of carbonyl (C=O) groups is 1. The summed E-state index contributed by atoms with van der Waals surface area (Å²) in [5, 5.41) is 0. The number of hydrogen-bond donors (Lipinski definition) is 0. The van der Waals surface area contributed by atoms with Gasteiger partial charge in [0.2, 0.25) is 5.91 Å². The van der Waals surface area contributed by atoms with Crippen LogP contribution in [0.25, 0.3) is 0 Å². The van der Waals surface area contributed by atoms with E-state index in [-0.39, 0.29) is 24.0 Å². The van der Waals surface area contributed by atoms with Gasteiger partial charge < -0.3 is 9.80 Å². The molecular formula is C17H23F3N4O3S. The van der Waals surface area contributed by atoms with Crippen molar-refractivity contribution in [2.75, 3.05) is 36.5 Å². The van der Waals surface area contributed by atoms with Crippen molar-refractivity contribution in [2.24, 2.45) is 0 Å². The number of rotatable bonds is 4. The Bertz CT molecular complexity index is 846. The highest BCUT2D eigenvalue weighted by atomic mass is 32.2. The number of anilines is 1. The van der Waals surface area contributed by atoms with E-state index >= 15 is 0 Å². The van der Waals surface area contributed by atoms with Crippen LogP contribution in [0, 0.1) is 0 Å². The lowest BCUT2D eigenvalue weighted by Gasteiger charge is -2.38. The zero-order valence-corrected chi connectivity index (χ0v) is 16.4. The van der Waals surface area contributed by atoms with Crippen molar-refractivity contribution < 1.29 is 26.4 Å². The monoisotopic (exact) mass is 420 g/mol. The Morgan fingerprint density at radius 1 is 1.18 bits per heavy atom. The Labute approximate surface area is 161 Å². The summed E-state index contributed by atoms with van der Waals surface area (Å²) in [6.07, 6.45) is 0.457. The Balaban J connectivity index is 1.76. The van der Waals surface area contributed by atoms with E-state index in [1.54, 1.807) is 9.80 Å². The molecule has 0 unspecified atom stereocenters. The van der Waals surface area contributed by atoms with Gasteiger partial charge >= 0.3 is 6.18 Å². The molecule has 2 aliphatic heterocycles. The number of hydrogen-bond acceptors (Lipinski definition) is 6. The fraction of sp³-hybridized carbons (Fsp3) is 0.706. The molecule has 1 aromatic rings. The molecule has 11 heteroatoms. The van der Waals surface area contributed by atoms with Gasteiger partial charge in [0, 0.05) is 43.9 Å². The second-order valence-electron chi connectivity index (χ2n) is 7.50. The largest absolute Gasteiger partial charge is 0.433 e. The van der Waals surface area contributed by atoms with E-state index in [1.165, 1.54) is 0 Å². The number of amides is 1. The van der Waals surface area contributed by atoms with Crippen LogP contribution < -0.4 is 4.90 Å². The highest BCUT2D eigenvalue weighted by Gasteiger charge is 2.45.